The molecule has 104 valence electrons. The molecule has 0 aromatic heterocycles. The Morgan fingerprint density at radius 1 is 1.26 bits per heavy atom. The lowest BCUT2D eigenvalue weighted by Crippen LogP contribution is -2.30. The highest BCUT2D eigenvalue weighted by Gasteiger charge is 2.24. The van der Waals surface area contributed by atoms with Gasteiger partial charge in [-0.1, -0.05) is 36.5 Å². The largest absolute Gasteiger partial charge is 0.446 e. The molecule has 0 heterocycles. The molecule has 0 spiro atoms. The van der Waals surface area contributed by atoms with Gasteiger partial charge in [0.15, 0.2) is 0 Å². The molecule has 1 saturated carbocycles. The van der Waals surface area contributed by atoms with Gasteiger partial charge in [-0.3, -0.25) is 5.32 Å². The predicted octanol–water partition coefficient (Wildman–Crippen LogP) is 5.12. The molecule has 1 amide bonds. The maximum Gasteiger partial charge on any atom is 0.411 e. The average Bonchev–Trinajstić information content (AvgIpc) is 2.37. The van der Waals surface area contributed by atoms with Crippen molar-refractivity contribution in [1.29, 1.82) is 0 Å². The van der Waals surface area contributed by atoms with E-state index in [4.69, 9.17) is 27.9 Å². The van der Waals surface area contributed by atoms with Gasteiger partial charge in [0, 0.05) is 5.69 Å². The highest BCUT2D eigenvalue weighted by atomic mass is 35.5. The van der Waals surface area contributed by atoms with E-state index >= 15 is 0 Å². The van der Waals surface area contributed by atoms with Crippen LogP contribution in [0.5, 0.6) is 0 Å². The molecular weight excluding hydrogens is 285 g/mol. The number of benzene rings is 1. The maximum absolute atomic E-state index is 11.8. The zero-order valence-corrected chi connectivity index (χ0v) is 12.3. The molecule has 5 heteroatoms. The predicted molar refractivity (Wildman–Crippen MR) is 78.0 cm³/mol. The minimum absolute atomic E-state index is 0.0107. The van der Waals surface area contributed by atoms with Crippen LogP contribution in [0.15, 0.2) is 18.2 Å². The van der Waals surface area contributed by atoms with E-state index in [0.29, 0.717) is 21.7 Å². The molecule has 0 bridgehead atoms. The molecule has 0 aliphatic heterocycles. The van der Waals surface area contributed by atoms with Crippen molar-refractivity contribution in [1.82, 2.24) is 0 Å². The summed E-state index contributed by atoms with van der Waals surface area (Å²) in [4.78, 5) is 11.8. The summed E-state index contributed by atoms with van der Waals surface area (Å²) in [6.45, 7) is 2.12. The fourth-order valence-electron chi connectivity index (χ4n) is 2.32. The first-order chi connectivity index (χ1) is 9.06. The summed E-state index contributed by atoms with van der Waals surface area (Å²) in [5.74, 6) is 0.424. The van der Waals surface area contributed by atoms with Crippen LogP contribution in [0.1, 0.15) is 32.6 Å². The molecular formula is C14H17Cl2NO2. The lowest BCUT2D eigenvalue weighted by atomic mass is 9.88. The Labute approximate surface area is 123 Å². The first kappa shape index (κ1) is 14.5. The van der Waals surface area contributed by atoms with E-state index < -0.39 is 6.09 Å². The number of hydrogen-bond acceptors (Lipinski definition) is 2. The third kappa shape index (κ3) is 4.02. The highest BCUT2D eigenvalue weighted by Crippen LogP contribution is 2.28. The number of nitrogens with one attached hydrogen (secondary N) is 1. The highest BCUT2D eigenvalue weighted by molar-refractivity contribution is 6.42. The quantitative estimate of drug-likeness (QED) is 0.823. The second-order valence-electron chi connectivity index (χ2n) is 4.96. The van der Waals surface area contributed by atoms with Gasteiger partial charge in [-0.25, -0.2) is 4.79 Å². The van der Waals surface area contributed by atoms with Crippen LogP contribution in [0.3, 0.4) is 0 Å². The molecule has 1 aromatic rings. The normalized spacial score (nSPS) is 22.9. The van der Waals surface area contributed by atoms with Crippen molar-refractivity contribution in [3.8, 4) is 0 Å². The van der Waals surface area contributed by atoms with Gasteiger partial charge < -0.3 is 4.74 Å². The van der Waals surface area contributed by atoms with Crippen LogP contribution in [0.4, 0.5) is 10.5 Å². The number of amides is 1. The van der Waals surface area contributed by atoms with Crippen LogP contribution >= 0.6 is 23.2 Å². The van der Waals surface area contributed by atoms with Crippen LogP contribution in [0.25, 0.3) is 0 Å². The Balaban J connectivity index is 1.91. The molecule has 19 heavy (non-hydrogen) atoms. The summed E-state index contributed by atoms with van der Waals surface area (Å²) in [6.07, 6.45) is 3.97. The monoisotopic (exact) mass is 301 g/mol. The van der Waals surface area contributed by atoms with Crippen LogP contribution in [-0.2, 0) is 4.74 Å². The van der Waals surface area contributed by atoms with Gasteiger partial charge in [0.05, 0.1) is 10.0 Å². The summed E-state index contributed by atoms with van der Waals surface area (Å²) >= 11 is 11.7. The molecule has 1 N–H and O–H groups in total. The van der Waals surface area contributed by atoms with Crippen molar-refractivity contribution in [2.24, 2.45) is 5.92 Å². The Hall–Kier alpha value is -0.930. The maximum atomic E-state index is 11.8. The zero-order valence-electron chi connectivity index (χ0n) is 10.8. The Kier molecular flexibility index (Phi) is 4.94. The summed E-state index contributed by atoms with van der Waals surface area (Å²) in [5, 5.41) is 3.54. The molecule has 0 radical (unpaired) electrons. The summed E-state index contributed by atoms with van der Waals surface area (Å²) in [7, 11) is 0. The summed E-state index contributed by atoms with van der Waals surface area (Å²) in [5.41, 5.74) is 0.586. The number of halogens is 2. The molecule has 0 saturated heterocycles. The van der Waals surface area contributed by atoms with Gasteiger partial charge >= 0.3 is 6.09 Å². The van der Waals surface area contributed by atoms with Crippen LogP contribution in [0.2, 0.25) is 10.0 Å². The molecule has 2 atom stereocenters. The molecule has 0 unspecified atom stereocenters. The van der Waals surface area contributed by atoms with Crippen LogP contribution < -0.4 is 5.32 Å². The van der Waals surface area contributed by atoms with Gasteiger partial charge in [0.2, 0.25) is 0 Å². The number of anilines is 1. The van der Waals surface area contributed by atoms with Crippen LogP contribution in [0, 0.1) is 5.92 Å². The van der Waals surface area contributed by atoms with E-state index in [1.54, 1.807) is 18.2 Å². The first-order valence-electron chi connectivity index (χ1n) is 6.49. The fourth-order valence-corrected chi connectivity index (χ4v) is 2.61. The number of carbonyl (C=O) groups excluding carboxylic acids is 1. The second kappa shape index (κ2) is 6.49. The molecule has 1 aliphatic rings. The summed E-state index contributed by atoms with van der Waals surface area (Å²) < 4.78 is 5.45. The van der Waals surface area contributed by atoms with E-state index in [-0.39, 0.29) is 6.10 Å². The van der Waals surface area contributed by atoms with Crippen molar-refractivity contribution in [2.75, 3.05) is 5.32 Å². The fraction of sp³-hybridized carbons (Fsp3) is 0.500. The van der Waals surface area contributed by atoms with Crippen molar-refractivity contribution >= 4 is 35.0 Å². The minimum atomic E-state index is -0.433. The lowest BCUT2D eigenvalue weighted by Gasteiger charge is -2.28. The van der Waals surface area contributed by atoms with E-state index in [2.05, 4.69) is 12.2 Å². The van der Waals surface area contributed by atoms with Gasteiger partial charge in [0.25, 0.3) is 0 Å². The van der Waals surface area contributed by atoms with Gasteiger partial charge in [-0.2, -0.15) is 0 Å². The minimum Gasteiger partial charge on any atom is -0.446 e. The molecule has 1 fully saturated rings. The van der Waals surface area contributed by atoms with Crippen molar-refractivity contribution in [3.05, 3.63) is 28.2 Å². The van der Waals surface area contributed by atoms with Crippen molar-refractivity contribution in [2.45, 2.75) is 38.7 Å². The first-order valence-corrected chi connectivity index (χ1v) is 7.24. The average molecular weight is 302 g/mol. The number of carbonyl (C=O) groups is 1. The summed E-state index contributed by atoms with van der Waals surface area (Å²) in [6, 6.07) is 4.94. The Morgan fingerprint density at radius 2 is 2.00 bits per heavy atom. The smallest absolute Gasteiger partial charge is 0.411 e. The topological polar surface area (TPSA) is 38.3 Å². The lowest BCUT2D eigenvalue weighted by molar-refractivity contribution is 0.0524. The Bertz CT molecular complexity index is 465. The van der Waals surface area contributed by atoms with E-state index in [0.717, 1.165) is 19.3 Å². The van der Waals surface area contributed by atoms with Crippen molar-refractivity contribution < 1.29 is 9.53 Å². The van der Waals surface area contributed by atoms with E-state index in [1.807, 2.05) is 0 Å². The van der Waals surface area contributed by atoms with Crippen molar-refractivity contribution in [3.63, 3.8) is 0 Å². The van der Waals surface area contributed by atoms with E-state index in [1.165, 1.54) is 6.42 Å². The number of ether oxygens (including phenoxy) is 1. The molecule has 2 rings (SSSR count). The van der Waals surface area contributed by atoms with E-state index in [9.17, 15) is 4.79 Å². The standard InChI is InChI=1S/C14H17Cl2NO2/c1-9-4-2-3-5-13(9)19-14(18)17-10-6-7-11(15)12(16)8-10/h6-9,13H,2-5H2,1H3,(H,17,18)/t9-,13+/m1/s1. The third-order valence-corrected chi connectivity index (χ3v) is 4.20. The molecule has 3 nitrogen and oxygen atoms in total. The van der Waals surface area contributed by atoms with Gasteiger partial charge in [0.1, 0.15) is 6.10 Å². The van der Waals surface area contributed by atoms with Gasteiger partial charge in [-0.05, 0) is 43.4 Å². The SMILES string of the molecule is C[C@@H]1CCCC[C@@H]1OC(=O)Nc1ccc(Cl)c(Cl)c1. The molecule has 1 aliphatic carbocycles. The Morgan fingerprint density at radius 3 is 2.68 bits per heavy atom. The number of rotatable bonds is 2. The molecule has 1 aromatic carbocycles. The number of hydrogen-bond donors (Lipinski definition) is 1. The van der Waals surface area contributed by atoms with Gasteiger partial charge in [-0.15, -0.1) is 0 Å². The van der Waals surface area contributed by atoms with Crippen LogP contribution in [-0.4, -0.2) is 12.2 Å². The second-order valence-corrected chi connectivity index (χ2v) is 5.77. The zero-order chi connectivity index (χ0) is 13.8. The third-order valence-electron chi connectivity index (χ3n) is 3.46.